The lowest BCUT2D eigenvalue weighted by Crippen LogP contribution is -2.54. The van der Waals surface area contributed by atoms with Crippen LogP contribution < -0.4 is 10.6 Å². The number of piperidine rings is 3. The zero-order chi connectivity index (χ0) is 25.4. The van der Waals surface area contributed by atoms with E-state index in [1.54, 1.807) is 4.90 Å². The molecule has 0 saturated carbocycles. The third-order valence-electron chi connectivity index (χ3n) is 9.32. The summed E-state index contributed by atoms with van der Waals surface area (Å²) in [4.78, 5) is 46.7. The number of imide groups is 1. The molecule has 3 amide bonds. The molecule has 0 radical (unpaired) electrons. The molecule has 1 atom stereocenters. The van der Waals surface area contributed by atoms with Crippen molar-refractivity contribution in [2.24, 2.45) is 0 Å². The first-order valence-corrected chi connectivity index (χ1v) is 14.2. The number of benzene rings is 1. The molecular formula is C28H40N6O3. The zero-order valence-electron chi connectivity index (χ0n) is 21.8. The van der Waals surface area contributed by atoms with E-state index in [1.165, 1.54) is 57.4 Å². The summed E-state index contributed by atoms with van der Waals surface area (Å²) < 4.78 is 0. The number of carbonyl (C=O) groups is 3. The van der Waals surface area contributed by atoms with Gasteiger partial charge in [0.2, 0.25) is 11.8 Å². The fraction of sp³-hybridized carbons (Fsp3) is 0.679. The predicted octanol–water partition coefficient (Wildman–Crippen LogP) is 0.782. The molecule has 2 N–H and O–H groups in total. The van der Waals surface area contributed by atoms with Crippen LogP contribution in [0.3, 0.4) is 0 Å². The van der Waals surface area contributed by atoms with Gasteiger partial charge in [-0.1, -0.05) is 12.1 Å². The van der Waals surface area contributed by atoms with Gasteiger partial charge in [-0.3, -0.25) is 29.5 Å². The lowest BCUT2D eigenvalue weighted by molar-refractivity contribution is -0.136. The second-order valence-corrected chi connectivity index (χ2v) is 11.4. The summed E-state index contributed by atoms with van der Waals surface area (Å²) in [5, 5.41) is 5.88. The van der Waals surface area contributed by atoms with Gasteiger partial charge in [0.05, 0.1) is 0 Å². The van der Waals surface area contributed by atoms with Gasteiger partial charge < -0.3 is 15.1 Å². The second-order valence-electron chi connectivity index (χ2n) is 11.4. The number of nitrogens with zero attached hydrogens (tertiary/aromatic N) is 4. The van der Waals surface area contributed by atoms with Crippen molar-refractivity contribution in [1.82, 2.24) is 30.2 Å². The lowest BCUT2D eigenvalue weighted by atomic mass is 9.97. The van der Waals surface area contributed by atoms with Crippen LogP contribution in [0.15, 0.2) is 18.2 Å². The highest BCUT2D eigenvalue weighted by molar-refractivity contribution is 6.05. The molecule has 0 spiro atoms. The number of hydrogen-bond donors (Lipinski definition) is 2. The molecule has 37 heavy (non-hydrogen) atoms. The number of nitrogens with one attached hydrogen (secondary N) is 2. The average molecular weight is 509 g/mol. The molecule has 6 rings (SSSR count). The van der Waals surface area contributed by atoms with Crippen LogP contribution in [0.2, 0.25) is 0 Å². The average Bonchev–Trinajstić information content (AvgIpc) is 3.27. The van der Waals surface area contributed by atoms with Crippen LogP contribution in [0.5, 0.6) is 0 Å². The molecule has 9 heteroatoms. The normalized spacial score (nSPS) is 27.5. The van der Waals surface area contributed by atoms with Crippen LogP contribution in [0.25, 0.3) is 0 Å². The van der Waals surface area contributed by atoms with Crippen molar-refractivity contribution >= 4 is 17.7 Å². The zero-order valence-corrected chi connectivity index (χ0v) is 21.8. The van der Waals surface area contributed by atoms with E-state index in [9.17, 15) is 14.4 Å². The Hall–Kier alpha value is -2.33. The van der Waals surface area contributed by atoms with Crippen molar-refractivity contribution in [3.05, 3.63) is 34.9 Å². The van der Waals surface area contributed by atoms with E-state index in [0.717, 1.165) is 44.3 Å². The van der Waals surface area contributed by atoms with Crippen molar-refractivity contribution in [2.75, 3.05) is 52.4 Å². The Morgan fingerprint density at radius 1 is 0.811 bits per heavy atom. The molecule has 5 aliphatic rings. The van der Waals surface area contributed by atoms with Gasteiger partial charge in [-0.15, -0.1) is 0 Å². The Kier molecular flexibility index (Phi) is 7.29. The number of amides is 3. The summed E-state index contributed by atoms with van der Waals surface area (Å²) in [6, 6.07) is 6.90. The Bertz CT molecular complexity index is 1020. The van der Waals surface area contributed by atoms with E-state index in [2.05, 4.69) is 31.4 Å². The van der Waals surface area contributed by atoms with Gasteiger partial charge in [-0.05, 0) is 75.5 Å². The van der Waals surface area contributed by atoms with Crippen molar-refractivity contribution in [2.45, 2.75) is 69.7 Å². The molecule has 200 valence electrons. The summed E-state index contributed by atoms with van der Waals surface area (Å²) in [7, 11) is 0. The summed E-state index contributed by atoms with van der Waals surface area (Å²) >= 11 is 0. The molecule has 5 heterocycles. The fourth-order valence-electron chi connectivity index (χ4n) is 7.11. The Labute approximate surface area is 219 Å². The summed E-state index contributed by atoms with van der Waals surface area (Å²) in [5.74, 6) is -0.693. The number of hydrogen-bond acceptors (Lipinski definition) is 7. The molecule has 5 aliphatic heterocycles. The minimum Gasteiger partial charge on any atom is -0.322 e. The number of likely N-dealkylation sites (tertiary alicyclic amines) is 1. The lowest BCUT2D eigenvalue weighted by Gasteiger charge is -2.45. The number of rotatable bonds is 5. The van der Waals surface area contributed by atoms with Crippen LogP contribution in [0, 0.1) is 0 Å². The molecule has 4 fully saturated rings. The highest BCUT2D eigenvalue weighted by Gasteiger charge is 2.40. The molecule has 0 aliphatic carbocycles. The third kappa shape index (κ3) is 5.19. The van der Waals surface area contributed by atoms with Crippen molar-refractivity contribution in [3.63, 3.8) is 0 Å². The summed E-state index contributed by atoms with van der Waals surface area (Å²) in [6.07, 6.45) is 5.85. The molecule has 1 aromatic rings. The van der Waals surface area contributed by atoms with Gasteiger partial charge in [0, 0.05) is 63.3 Å². The number of fused-ring (bicyclic) bond motifs is 1. The smallest absolute Gasteiger partial charge is 0.255 e. The van der Waals surface area contributed by atoms with E-state index in [0.29, 0.717) is 24.6 Å². The van der Waals surface area contributed by atoms with E-state index in [4.69, 9.17) is 0 Å². The van der Waals surface area contributed by atoms with Gasteiger partial charge in [-0.2, -0.15) is 0 Å². The van der Waals surface area contributed by atoms with Crippen LogP contribution in [-0.2, 0) is 22.7 Å². The van der Waals surface area contributed by atoms with E-state index >= 15 is 0 Å². The Morgan fingerprint density at radius 2 is 1.51 bits per heavy atom. The SMILES string of the molecule is O=C1CCC(N2Cc3c(CN4CCN(C5CCN(C6CCNCC6)CC5)CC4)cccc3C2=O)C(=O)N1. The first-order valence-electron chi connectivity index (χ1n) is 14.2. The minimum atomic E-state index is -0.560. The van der Waals surface area contributed by atoms with Gasteiger partial charge in [0.15, 0.2) is 0 Å². The van der Waals surface area contributed by atoms with E-state index in [-0.39, 0.29) is 24.1 Å². The monoisotopic (exact) mass is 508 g/mol. The summed E-state index contributed by atoms with van der Waals surface area (Å²) in [5.41, 5.74) is 2.94. The van der Waals surface area contributed by atoms with Crippen molar-refractivity contribution in [3.8, 4) is 0 Å². The third-order valence-corrected chi connectivity index (χ3v) is 9.32. The highest BCUT2D eigenvalue weighted by Crippen LogP contribution is 2.31. The topological polar surface area (TPSA) is 88.2 Å². The Balaban J connectivity index is 1.02. The van der Waals surface area contributed by atoms with E-state index < -0.39 is 6.04 Å². The maximum atomic E-state index is 13.1. The maximum Gasteiger partial charge on any atom is 0.255 e. The Morgan fingerprint density at radius 3 is 2.24 bits per heavy atom. The first-order chi connectivity index (χ1) is 18.1. The van der Waals surface area contributed by atoms with Crippen LogP contribution in [-0.4, -0.2) is 108 Å². The predicted molar refractivity (Wildman–Crippen MR) is 140 cm³/mol. The largest absolute Gasteiger partial charge is 0.322 e. The molecule has 9 nitrogen and oxygen atoms in total. The van der Waals surface area contributed by atoms with Crippen molar-refractivity contribution in [1.29, 1.82) is 0 Å². The second kappa shape index (κ2) is 10.8. The van der Waals surface area contributed by atoms with Gasteiger partial charge >= 0.3 is 0 Å². The molecule has 0 aromatic heterocycles. The van der Waals surface area contributed by atoms with Gasteiger partial charge in [-0.25, -0.2) is 0 Å². The van der Waals surface area contributed by atoms with E-state index in [1.807, 2.05) is 12.1 Å². The van der Waals surface area contributed by atoms with Gasteiger partial charge in [0.1, 0.15) is 6.04 Å². The number of piperazine rings is 1. The van der Waals surface area contributed by atoms with Crippen LogP contribution >= 0.6 is 0 Å². The van der Waals surface area contributed by atoms with Gasteiger partial charge in [0.25, 0.3) is 5.91 Å². The summed E-state index contributed by atoms with van der Waals surface area (Å²) in [6.45, 7) is 10.4. The molecule has 4 saturated heterocycles. The first kappa shape index (κ1) is 25.0. The molecule has 0 bridgehead atoms. The molecule has 1 aromatic carbocycles. The van der Waals surface area contributed by atoms with Crippen LogP contribution in [0.1, 0.15) is 60.0 Å². The standard InChI is InChI=1S/C28H40N6O3/c35-26-5-4-25(27(36)30-26)34-19-24-20(2-1-3-23(24)28(34)37)18-31-14-16-33(17-15-31)22-8-12-32(13-9-22)21-6-10-29-11-7-21/h1-3,21-22,25,29H,4-19H2,(H,30,35,36). The quantitative estimate of drug-likeness (QED) is 0.569. The number of carbonyl (C=O) groups excluding carboxylic acids is 3. The van der Waals surface area contributed by atoms with Crippen molar-refractivity contribution < 1.29 is 14.4 Å². The van der Waals surface area contributed by atoms with Crippen LogP contribution in [0.4, 0.5) is 0 Å². The maximum absolute atomic E-state index is 13.1. The fourth-order valence-corrected chi connectivity index (χ4v) is 7.11. The molecule has 1 unspecified atom stereocenters. The highest BCUT2D eigenvalue weighted by atomic mass is 16.2. The minimum absolute atomic E-state index is 0.0907. The molecular weight excluding hydrogens is 468 g/mol.